The van der Waals surface area contributed by atoms with Gasteiger partial charge < -0.3 is 15.6 Å². The first-order valence-electron chi connectivity index (χ1n) is 7.66. The van der Waals surface area contributed by atoms with E-state index in [0.717, 1.165) is 5.56 Å². The molecule has 1 aromatic carbocycles. The van der Waals surface area contributed by atoms with Crippen LogP contribution in [0, 0.1) is 10.8 Å². The molecule has 0 spiro atoms. The molecule has 0 saturated heterocycles. The first kappa shape index (κ1) is 18.5. The van der Waals surface area contributed by atoms with Crippen LogP contribution in [0.5, 0.6) is 5.75 Å². The molecule has 0 aliphatic rings. The van der Waals surface area contributed by atoms with Crippen LogP contribution in [0.3, 0.4) is 0 Å². The minimum absolute atomic E-state index is 0.181. The van der Waals surface area contributed by atoms with E-state index < -0.39 is 11.5 Å². The van der Waals surface area contributed by atoms with Crippen molar-refractivity contribution in [3.05, 3.63) is 29.8 Å². The number of rotatable bonds is 4. The van der Waals surface area contributed by atoms with Crippen molar-refractivity contribution in [2.75, 3.05) is 0 Å². The summed E-state index contributed by atoms with van der Waals surface area (Å²) in [6.07, 6.45) is 0.122. The summed E-state index contributed by atoms with van der Waals surface area (Å²) in [5.41, 5.74) is 6.57. The molecule has 0 bridgehead atoms. The lowest BCUT2D eigenvalue weighted by Crippen LogP contribution is -2.49. The molecule has 124 valence electrons. The van der Waals surface area contributed by atoms with Gasteiger partial charge in [-0.15, -0.1) is 0 Å². The molecule has 0 aliphatic heterocycles. The van der Waals surface area contributed by atoms with Gasteiger partial charge >= 0.3 is 5.97 Å². The summed E-state index contributed by atoms with van der Waals surface area (Å²) in [6.45, 7) is 11.6. The molecule has 22 heavy (non-hydrogen) atoms. The second-order valence-electron chi connectivity index (χ2n) is 7.96. The van der Waals surface area contributed by atoms with Crippen molar-refractivity contribution in [2.45, 2.75) is 60.1 Å². The van der Waals surface area contributed by atoms with Crippen molar-refractivity contribution in [1.29, 1.82) is 0 Å². The van der Waals surface area contributed by atoms with Gasteiger partial charge in [0.1, 0.15) is 11.9 Å². The summed E-state index contributed by atoms with van der Waals surface area (Å²) < 4.78 is 5.71. The largest absolute Gasteiger partial charge is 0.508 e. The molecule has 1 rings (SSSR count). The van der Waals surface area contributed by atoms with Gasteiger partial charge in [0.15, 0.2) is 0 Å². The lowest BCUT2D eigenvalue weighted by Gasteiger charge is -2.35. The molecule has 0 fully saturated rings. The number of phenols is 1. The van der Waals surface area contributed by atoms with Gasteiger partial charge in [-0.1, -0.05) is 32.9 Å². The highest BCUT2D eigenvalue weighted by atomic mass is 16.5. The highest BCUT2D eigenvalue weighted by Crippen LogP contribution is 2.26. The Morgan fingerprint density at radius 2 is 1.64 bits per heavy atom. The van der Waals surface area contributed by atoms with Gasteiger partial charge in [0, 0.05) is 12.5 Å². The minimum Gasteiger partial charge on any atom is -0.508 e. The molecule has 2 atom stereocenters. The van der Waals surface area contributed by atoms with E-state index in [9.17, 15) is 9.90 Å². The van der Waals surface area contributed by atoms with Crippen LogP contribution in [-0.2, 0) is 16.0 Å². The van der Waals surface area contributed by atoms with Crippen molar-refractivity contribution in [2.24, 2.45) is 16.6 Å². The van der Waals surface area contributed by atoms with Crippen molar-refractivity contribution in [1.82, 2.24) is 0 Å². The number of hydrogen-bond donors (Lipinski definition) is 2. The molecule has 0 radical (unpaired) electrons. The number of nitrogens with two attached hydrogens (primary N) is 1. The molecule has 0 saturated carbocycles. The van der Waals surface area contributed by atoms with E-state index in [1.165, 1.54) is 0 Å². The maximum atomic E-state index is 12.2. The van der Waals surface area contributed by atoms with Gasteiger partial charge in [-0.2, -0.15) is 0 Å². The fourth-order valence-electron chi connectivity index (χ4n) is 1.98. The monoisotopic (exact) mass is 307 g/mol. The van der Waals surface area contributed by atoms with Crippen LogP contribution in [0.2, 0.25) is 0 Å². The molecular weight excluding hydrogens is 278 g/mol. The topological polar surface area (TPSA) is 72.5 Å². The van der Waals surface area contributed by atoms with Crippen molar-refractivity contribution in [3.8, 4) is 5.75 Å². The van der Waals surface area contributed by atoms with Gasteiger partial charge in [-0.3, -0.25) is 4.79 Å². The predicted molar refractivity (Wildman–Crippen MR) is 88.6 cm³/mol. The quantitative estimate of drug-likeness (QED) is 0.837. The highest BCUT2D eigenvalue weighted by Gasteiger charge is 2.34. The standard InChI is InChI=1S/C18H29NO3/c1-17(2,3)15(19)14(22-16(21)18(4,5)6)11-12-7-9-13(20)10-8-12/h7-10,14-15,20H,11,19H2,1-6H3. The van der Waals surface area contributed by atoms with Crippen LogP contribution in [0.25, 0.3) is 0 Å². The summed E-state index contributed by atoms with van der Waals surface area (Å²) in [6, 6.07) is 6.61. The highest BCUT2D eigenvalue weighted by molar-refractivity contribution is 5.75. The van der Waals surface area contributed by atoms with Crippen LogP contribution in [0.4, 0.5) is 0 Å². The molecule has 0 aliphatic carbocycles. The normalized spacial score (nSPS) is 15.2. The zero-order valence-corrected chi connectivity index (χ0v) is 14.5. The number of hydrogen-bond acceptors (Lipinski definition) is 4. The number of carbonyl (C=O) groups is 1. The van der Waals surface area contributed by atoms with Gasteiger partial charge in [0.05, 0.1) is 5.41 Å². The Kier molecular flexibility index (Phi) is 5.63. The van der Waals surface area contributed by atoms with E-state index in [4.69, 9.17) is 10.5 Å². The maximum absolute atomic E-state index is 12.2. The van der Waals surface area contributed by atoms with E-state index in [1.807, 2.05) is 53.7 Å². The van der Waals surface area contributed by atoms with E-state index in [-0.39, 0.29) is 23.2 Å². The Balaban J connectivity index is 2.96. The van der Waals surface area contributed by atoms with E-state index in [1.54, 1.807) is 12.1 Å². The molecule has 0 aromatic heterocycles. The molecule has 3 N–H and O–H groups in total. The van der Waals surface area contributed by atoms with Crippen LogP contribution in [-0.4, -0.2) is 23.2 Å². The summed E-state index contributed by atoms with van der Waals surface area (Å²) in [7, 11) is 0. The zero-order chi connectivity index (χ0) is 17.1. The molecule has 0 heterocycles. The minimum atomic E-state index is -0.565. The zero-order valence-electron chi connectivity index (χ0n) is 14.5. The van der Waals surface area contributed by atoms with Crippen LogP contribution >= 0.6 is 0 Å². The van der Waals surface area contributed by atoms with Crippen LogP contribution < -0.4 is 5.73 Å². The molecule has 2 unspecified atom stereocenters. The first-order valence-corrected chi connectivity index (χ1v) is 7.66. The lowest BCUT2D eigenvalue weighted by atomic mass is 9.82. The second-order valence-corrected chi connectivity index (χ2v) is 7.96. The second kappa shape index (κ2) is 6.69. The summed E-state index contributed by atoms with van der Waals surface area (Å²) in [5, 5.41) is 9.37. The van der Waals surface area contributed by atoms with Gasteiger partial charge in [0.25, 0.3) is 0 Å². The Morgan fingerprint density at radius 1 is 1.14 bits per heavy atom. The third-order valence-electron chi connectivity index (χ3n) is 3.64. The molecule has 4 heteroatoms. The summed E-state index contributed by atoms with van der Waals surface area (Å²) in [4.78, 5) is 12.2. The fraction of sp³-hybridized carbons (Fsp3) is 0.611. The van der Waals surface area contributed by atoms with Crippen molar-refractivity contribution >= 4 is 5.97 Å². The third-order valence-corrected chi connectivity index (χ3v) is 3.64. The number of benzene rings is 1. The Labute approximate surface area is 133 Å². The lowest BCUT2D eigenvalue weighted by molar-refractivity contribution is -0.161. The number of ether oxygens (including phenoxy) is 1. The summed E-state index contributed by atoms with van der Waals surface area (Å²) in [5.74, 6) is -0.0388. The Bertz CT molecular complexity index is 495. The SMILES string of the molecule is CC(C)(C)C(=O)OC(Cc1ccc(O)cc1)C(N)C(C)(C)C. The molecule has 4 nitrogen and oxygen atoms in total. The first-order chi connectivity index (χ1) is 9.91. The van der Waals surface area contributed by atoms with E-state index in [2.05, 4.69) is 0 Å². The number of esters is 1. The summed E-state index contributed by atoms with van der Waals surface area (Å²) >= 11 is 0. The average molecular weight is 307 g/mol. The van der Waals surface area contributed by atoms with Crippen LogP contribution in [0.15, 0.2) is 24.3 Å². The number of phenolic OH excluding ortho intramolecular Hbond substituents is 1. The number of aromatic hydroxyl groups is 1. The number of carbonyl (C=O) groups excluding carboxylic acids is 1. The Morgan fingerprint density at radius 3 is 2.05 bits per heavy atom. The third kappa shape index (κ3) is 5.34. The van der Waals surface area contributed by atoms with Gasteiger partial charge in [-0.05, 0) is 43.9 Å². The van der Waals surface area contributed by atoms with E-state index >= 15 is 0 Å². The fourth-order valence-corrected chi connectivity index (χ4v) is 1.98. The molecular formula is C18H29NO3. The Hall–Kier alpha value is -1.55. The van der Waals surface area contributed by atoms with Gasteiger partial charge in [-0.25, -0.2) is 0 Å². The smallest absolute Gasteiger partial charge is 0.311 e. The predicted octanol–water partition coefficient (Wildman–Crippen LogP) is 3.27. The van der Waals surface area contributed by atoms with E-state index in [0.29, 0.717) is 6.42 Å². The van der Waals surface area contributed by atoms with Gasteiger partial charge in [0.2, 0.25) is 0 Å². The maximum Gasteiger partial charge on any atom is 0.311 e. The van der Waals surface area contributed by atoms with Crippen molar-refractivity contribution < 1.29 is 14.6 Å². The van der Waals surface area contributed by atoms with Crippen LogP contribution in [0.1, 0.15) is 47.1 Å². The molecule has 0 amide bonds. The van der Waals surface area contributed by atoms with Crippen molar-refractivity contribution in [3.63, 3.8) is 0 Å². The molecule has 1 aromatic rings. The average Bonchev–Trinajstić information content (AvgIpc) is 2.37.